The summed E-state index contributed by atoms with van der Waals surface area (Å²) in [6, 6.07) is 9.52. The molecule has 0 saturated heterocycles. The zero-order valence-corrected chi connectivity index (χ0v) is 15.3. The van der Waals surface area contributed by atoms with Crippen molar-refractivity contribution in [1.82, 2.24) is 9.78 Å². The fourth-order valence-corrected chi connectivity index (χ4v) is 3.00. The number of fused-ring (bicyclic) bond motifs is 1. The van der Waals surface area contributed by atoms with E-state index in [1.807, 2.05) is 0 Å². The van der Waals surface area contributed by atoms with E-state index in [0.717, 1.165) is 17.0 Å². The topological polar surface area (TPSA) is 120 Å². The van der Waals surface area contributed by atoms with Gasteiger partial charge in [-0.05, 0) is 30.3 Å². The molecule has 1 aliphatic rings. The highest BCUT2D eigenvalue weighted by molar-refractivity contribution is 6.05. The summed E-state index contributed by atoms with van der Waals surface area (Å²) in [5.41, 5.74) is 0.278. The lowest BCUT2D eigenvalue weighted by atomic mass is 10.2. The van der Waals surface area contributed by atoms with E-state index in [1.54, 1.807) is 12.3 Å². The Hall–Kier alpha value is -4.28. The highest BCUT2D eigenvalue weighted by atomic mass is 19.1. The quantitative estimate of drug-likeness (QED) is 0.508. The molecule has 0 unspecified atom stereocenters. The molecule has 0 radical (unpaired) electrons. The SMILES string of the molecule is O=C(CN1C(=O)COc2ccc([N+](=O)[O-])cc21)Nc1ccc(-n2cccn2)c(F)c1. The molecule has 1 aromatic heterocycles. The van der Waals surface area contributed by atoms with Crippen molar-refractivity contribution in [3.63, 3.8) is 0 Å². The van der Waals surface area contributed by atoms with Crippen molar-refractivity contribution in [3.8, 4) is 11.4 Å². The fourth-order valence-electron chi connectivity index (χ4n) is 3.00. The van der Waals surface area contributed by atoms with E-state index in [1.165, 1.54) is 35.1 Å². The molecule has 0 bridgehead atoms. The van der Waals surface area contributed by atoms with Crippen molar-refractivity contribution in [3.05, 3.63) is 70.8 Å². The summed E-state index contributed by atoms with van der Waals surface area (Å²) in [6.45, 7) is -0.718. The van der Waals surface area contributed by atoms with Crippen LogP contribution in [0.25, 0.3) is 5.69 Å². The summed E-state index contributed by atoms with van der Waals surface area (Å²) in [4.78, 5) is 36.2. The van der Waals surface area contributed by atoms with Crippen molar-refractivity contribution in [2.45, 2.75) is 0 Å². The highest BCUT2D eigenvalue weighted by Crippen LogP contribution is 2.35. The molecule has 4 rings (SSSR count). The number of anilines is 2. The van der Waals surface area contributed by atoms with Crippen molar-refractivity contribution in [2.75, 3.05) is 23.4 Å². The largest absolute Gasteiger partial charge is 0.482 e. The number of non-ortho nitro benzene ring substituents is 1. The zero-order chi connectivity index (χ0) is 21.3. The molecule has 0 saturated carbocycles. The lowest BCUT2D eigenvalue weighted by Gasteiger charge is -2.28. The Balaban J connectivity index is 1.52. The van der Waals surface area contributed by atoms with Crippen LogP contribution in [0.1, 0.15) is 0 Å². The maximum Gasteiger partial charge on any atom is 0.271 e. The van der Waals surface area contributed by atoms with E-state index in [0.29, 0.717) is 0 Å². The molecule has 1 aliphatic heterocycles. The number of halogens is 1. The number of benzene rings is 2. The van der Waals surface area contributed by atoms with E-state index in [9.17, 15) is 24.1 Å². The number of amides is 2. The molecule has 0 atom stereocenters. The number of ether oxygens (including phenoxy) is 1. The van der Waals surface area contributed by atoms with Gasteiger partial charge in [0.2, 0.25) is 5.91 Å². The van der Waals surface area contributed by atoms with Gasteiger partial charge in [-0.15, -0.1) is 0 Å². The predicted molar refractivity (Wildman–Crippen MR) is 103 cm³/mol. The van der Waals surface area contributed by atoms with E-state index in [4.69, 9.17) is 4.74 Å². The van der Waals surface area contributed by atoms with Crippen LogP contribution in [0.5, 0.6) is 5.75 Å². The summed E-state index contributed by atoms with van der Waals surface area (Å²) in [5, 5.41) is 17.5. The van der Waals surface area contributed by atoms with Gasteiger partial charge >= 0.3 is 0 Å². The molecular formula is C19H14FN5O5. The summed E-state index contributed by atoms with van der Waals surface area (Å²) in [7, 11) is 0. The van der Waals surface area contributed by atoms with Crippen LogP contribution in [0.15, 0.2) is 54.9 Å². The number of rotatable bonds is 5. The van der Waals surface area contributed by atoms with Gasteiger partial charge in [0.05, 0.1) is 10.6 Å². The number of nitro benzene ring substituents is 1. The van der Waals surface area contributed by atoms with Crippen LogP contribution >= 0.6 is 0 Å². The van der Waals surface area contributed by atoms with Gasteiger partial charge in [0.25, 0.3) is 11.6 Å². The number of aromatic nitrogens is 2. The van der Waals surface area contributed by atoms with Gasteiger partial charge in [-0.2, -0.15) is 5.10 Å². The zero-order valence-electron chi connectivity index (χ0n) is 15.3. The first-order valence-corrected chi connectivity index (χ1v) is 8.73. The van der Waals surface area contributed by atoms with Crippen LogP contribution in [0.3, 0.4) is 0 Å². The Bertz CT molecular complexity index is 1150. The normalized spacial score (nSPS) is 12.8. The number of nitro groups is 1. The molecular weight excluding hydrogens is 397 g/mol. The lowest BCUT2D eigenvalue weighted by Crippen LogP contribution is -2.43. The molecule has 0 fully saturated rings. The minimum absolute atomic E-state index is 0.121. The maximum absolute atomic E-state index is 14.3. The highest BCUT2D eigenvalue weighted by Gasteiger charge is 2.29. The van der Waals surface area contributed by atoms with Crippen molar-refractivity contribution in [1.29, 1.82) is 0 Å². The first kappa shape index (κ1) is 19.1. The molecule has 3 aromatic rings. The van der Waals surface area contributed by atoms with E-state index >= 15 is 0 Å². The average molecular weight is 411 g/mol. The Kier molecular flexibility index (Phi) is 4.84. The van der Waals surface area contributed by atoms with E-state index < -0.39 is 29.1 Å². The Morgan fingerprint density at radius 3 is 2.80 bits per heavy atom. The third kappa shape index (κ3) is 3.68. The van der Waals surface area contributed by atoms with Crippen LogP contribution in [0.2, 0.25) is 0 Å². The number of carbonyl (C=O) groups is 2. The molecule has 1 N–H and O–H groups in total. The Labute approximate surface area is 168 Å². The number of carbonyl (C=O) groups excluding carboxylic acids is 2. The van der Waals surface area contributed by atoms with Crippen LogP contribution in [-0.2, 0) is 9.59 Å². The second-order valence-electron chi connectivity index (χ2n) is 6.34. The maximum atomic E-state index is 14.3. The Morgan fingerprint density at radius 1 is 1.27 bits per heavy atom. The first-order valence-electron chi connectivity index (χ1n) is 8.73. The molecule has 0 aliphatic carbocycles. The molecule has 11 heteroatoms. The third-order valence-corrected chi connectivity index (χ3v) is 4.38. The summed E-state index contributed by atoms with van der Waals surface area (Å²) >= 11 is 0. The van der Waals surface area contributed by atoms with Gasteiger partial charge in [0.1, 0.15) is 18.0 Å². The standard InChI is InChI=1S/C19H14FN5O5/c20-14-8-12(2-4-15(14)24-7-1-6-21-24)22-18(26)10-23-16-9-13(25(28)29)3-5-17(16)30-11-19(23)27/h1-9H,10-11H2,(H,22,26). The van der Waals surface area contributed by atoms with Gasteiger partial charge < -0.3 is 10.1 Å². The third-order valence-electron chi connectivity index (χ3n) is 4.38. The number of nitrogens with one attached hydrogen (secondary N) is 1. The van der Waals surface area contributed by atoms with Crippen LogP contribution in [0, 0.1) is 15.9 Å². The average Bonchev–Trinajstić information content (AvgIpc) is 3.24. The van der Waals surface area contributed by atoms with Crippen LogP contribution in [0.4, 0.5) is 21.5 Å². The number of hydrogen-bond donors (Lipinski definition) is 1. The summed E-state index contributed by atoms with van der Waals surface area (Å²) in [5.74, 6) is -1.48. The summed E-state index contributed by atoms with van der Waals surface area (Å²) in [6.07, 6.45) is 3.09. The van der Waals surface area contributed by atoms with E-state index in [2.05, 4.69) is 10.4 Å². The van der Waals surface area contributed by atoms with Crippen molar-refractivity contribution < 1.29 is 23.6 Å². The van der Waals surface area contributed by atoms with Gasteiger partial charge in [0, 0.05) is 30.2 Å². The van der Waals surface area contributed by atoms with E-state index in [-0.39, 0.29) is 35.1 Å². The number of hydrogen-bond acceptors (Lipinski definition) is 6. The smallest absolute Gasteiger partial charge is 0.271 e. The van der Waals surface area contributed by atoms with Gasteiger partial charge in [-0.1, -0.05) is 0 Å². The van der Waals surface area contributed by atoms with Gasteiger partial charge in [-0.3, -0.25) is 24.6 Å². The molecule has 152 valence electrons. The van der Waals surface area contributed by atoms with Gasteiger partial charge in [0.15, 0.2) is 12.4 Å². The molecule has 0 spiro atoms. The van der Waals surface area contributed by atoms with Crippen LogP contribution < -0.4 is 15.0 Å². The Morgan fingerprint density at radius 2 is 2.10 bits per heavy atom. The summed E-state index contributed by atoms with van der Waals surface area (Å²) < 4.78 is 21.0. The lowest BCUT2D eigenvalue weighted by molar-refractivity contribution is -0.384. The molecule has 10 nitrogen and oxygen atoms in total. The monoisotopic (exact) mass is 411 g/mol. The van der Waals surface area contributed by atoms with Crippen molar-refractivity contribution in [2.24, 2.45) is 0 Å². The second-order valence-corrected chi connectivity index (χ2v) is 6.34. The fraction of sp³-hybridized carbons (Fsp3) is 0.105. The van der Waals surface area contributed by atoms with Crippen LogP contribution in [-0.4, -0.2) is 39.7 Å². The minimum atomic E-state index is -0.610. The molecule has 2 amide bonds. The number of nitrogens with zero attached hydrogens (tertiary/aromatic N) is 4. The second kappa shape index (κ2) is 7.62. The first-order chi connectivity index (χ1) is 14.4. The van der Waals surface area contributed by atoms with Crippen molar-refractivity contribution >= 4 is 28.9 Å². The predicted octanol–water partition coefficient (Wildman–Crippen LogP) is 2.28. The molecule has 2 aromatic carbocycles. The molecule has 2 heterocycles. The van der Waals surface area contributed by atoms with Gasteiger partial charge in [-0.25, -0.2) is 9.07 Å². The minimum Gasteiger partial charge on any atom is -0.482 e. The molecule has 30 heavy (non-hydrogen) atoms.